The highest BCUT2D eigenvalue weighted by atomic mass is 16.2. The maximum absolute atomic E-state index is 11.9. The van der Waals surface area contributed by atoms with Gasteiger partial charge in [0.05, 0.1) is 0 Å². The van der Waals surface area contributed by atoms with Crippen LogP contribution in [0.5, 0.6) is 0 Å². The van der Waals surface area contributed by atoms with Crippen molar-refractivity contribution in [3.05, 3.63) is 42.7 Å². The van der Waals surface area contributed by atoms with Crippen molar-refractivity contribution in [3.8, 4) is 0 Å². The van der Waals surface area contributed by atoms with Gasteiger partial charge in [-0.2, -0.15) is 4.98 Å². The molecule has 2 aromatic heterocycles. The highest BCUT2D eigenvalue weighted by Crippen LogP contribution is 2.25. The summed E-state index contributed by atoms with van der Waals surface area (Å²) in [7, 11) is 0. The lowest BCUT2D eigenvalue weighted by molar-refractivity contribution is -0.131. The van der Waals surface area contributed by atoms with E-state index in [0.717, 1.165) is 55.7 Å². The molecule has 1 fully saturated rings. The Hall–Kier alpha value is -3.09. The van der Waals surface area contributed by atoms with Gasteiger partial charge in [0.15, 0.2) is 0 Å². The molecule has 0 unspecified atom stereocenters. The Morgan fingerprint density at radius 1 is 1.03 bits per heavy atom. The summed E-state index contributed by atoms with van der Waals surface area (Å²) in [6.07, 6.45) is 6.74. The van der Waals surface area contributed by atoms with Gasteiger partial charge in [-0.3, -0.25) is 4.79 Å². The van der Waals surface area contributed by atoms with Gasteiger partial charge in [-0.25, -0.2) is 4.98 Å². The van der Waals surface area contributed by atoms with Crippen LogP contribution in [0.25, 0.3) is 11.0 Å². The lowest BCUT2D eigenvalue weighted by Gasteiger charge is -2.36. The van der Waals surface area contributed by atoms with Crippen molar-refractivity contribution in [2.24, 2.45) is 0 Å². The van der Waals surface area contributed by atoms with E-state index in [-0.39, 0.29) is 5.91 Å². The number of piperazine rings is 1. The zero-order valence-electron chi connectivity index (χ0n) is 18.7. The molecule has 0 radical (unpaired) electrons. The third-order valence-corrected chi connectivity index (χ3v) is 6.21. The molecule has 0 atom stereocenters. The molecular formula is C24H32N6O. The van der Waals surface area contributed by atoms with Crippen molar-refractivity contribution in [2.45, 2.75) is 46.1 Å². The smallest absolute Gasteiger partial charge is 0.229 e. The summed E-state index contributed by atoms with van der Waals surface area (Å²) >= 11 is 0. The first-order valence-corrected chi connectivity index (χ1v) is 11.4. The van der Waals surface area contributed by atoms with Crippen LogP contribution in [0.2, 0.25) is 0 Å². The van der Waals surface area contributed by atoms with Gasteiger partial charge < -0.3 is 19.7 Å². The van der Waals surface area contributed by atoms with E-state index < -0.39 is 0 Å². The second kappa shape index (κ2) is 9.37. The minimum atomic E-state index is 0.242. The number of anilines is 3. The second-order valence-electron chi connectivity index (χ2n) is 8.06. The topological polar surface area (TPSA) is 66.3 Å². The van der Waals surface area contributed by atoms with Crippen LogP contribution in [0.1, 0.15) is 46.1 Å². The molecule has 164 valence electrons. The molecule has 0 bridgehead atoms. The number of nitrogens with one attached hydrogen (secondary N) is 1. The van der Waals surface area contributed by atoms with Crippen LogP contribution in [0, 0.1) is 0 Å². The Balaban J connectivity index is 1.44. The number of benzene rings is 1. The van der Waals surface area contributed by atoms with Crippen LogP contribution in [-0.4, -0.2) is 51.5 Å². The maximum atomic E-state index is 11.9. The van der Waals surface area contributed by atoms with E-state index in [1.54, 1.807) is 0 Å². The van der Waals surface area contributed by atoms with Crippen molar-refractivity contribution in [2.75, 3.05) is 36.4 Å². The summed E-state index contributed by atoms with van der Waals surface area (Å²) in [4.78, 5) is 25.4. The number of hydrogen-bond acceptors (Lipinski definition) is 5. The van der Waals surface area contributed by atoms with E-state index in [4.69, 9.17) is 4.98 Å². The molecule has 1 aliphatic rings. The summed E-state index contributed by atoms with van der Waals surface area (Å²) in [6.45, 7) is 9.65. The fraction of sp³-hybridized carbons (Fsp3) is 0.458. The predicted molar refractivity (Wildman–Crippen MR) is 126 cm³/mol. The molecule has 1 aliphatic heterocycles. The van der Waals surface area contributed by atoms with Crippen molar-refractivity contribution >= 4 is 34.3 Å². The predicted octanol–water partition coefficient (Wildman–Crippen LogP) is 4.59. The third-order valence-electron chi connectivity index (χ3n) is 6.21. The Bertz CT molecular complexity index is 1020. The monoisotopic (exact) mass is 420 g/mol. The number of amides is 1. The Morgan fingerprint density at radius 3 is 2.39 bits per heavy atom. The van der Waals surface area contributed by atoms with Gasteiger partial charge in [0.25, 0.3) is 0 Å². The van der Waals surface area contributed by atoms with Crippen molar-refractivity contribution in [1.82, 2.24) is 19.4 Å². The van der Waals surface area contributed by atoms with Crippen LogP contribution < -0.4 is 10.2 Å². The maximum Gasteiger partial charge on any atom is 0.229 e. The van der Waals surface area contributed by atoms with Gasteiger partial charge >= 0.3 is 0 Å². The lowest BCUT2D eigenvalue weighted by atomic mass is 10.2. The van der Waals surface area contributed by atoms with Crippen molar-refractivity contribution in [3.63, 3.8) is 0 Å². The summed E-state index contributed by atoms with van der Waals surface area (Å²) in [5.41, 5.74) is 3.11. The van der Waals surface area contributed by atoms with Gasteiger partial charge in [-0.05, 0) is 43.2 Å². The van der Waals surface area contributed by atoms with Crippen LogP contribution >= 0.6 is 0 Å². The number of carbonyl (C=O) groups is 1. The number of carbonyl (C=O) groups excluding carboxylic acids is 1. The standard InChI is InChI=1S/C24H32N6O/c1-4-20(5-2)30-12-11-18-17-25-24(27-23(18)30)26-19-7-9-21(10-8-19)28-13-15-29(16-14-28)22(31)6-3/h7-12,17,20H,4-6,13-16H2,1-3H3,(H,25,26,27). The van der Waals surface area contributed by atoms with Gasteiger partial charge in [-0.15, -0.1) is 0 Å². The molecule has 0 spiro atoms. The minimum absolute atomic E-state index is 0.242. The highest BCUT2D eigenvalue weighted by Gasteiger charge is 2.20. The van der Waals surface area contributed by atoms with E-state index in [2.05, 4.69) is 70.1 Å². The second-order valence-corrected chi connectivity index (χ2v) is 8.06. The zero-order chi connectivity index (χ0) is 21.8. The van der Waals surface area contributed by atoms with Gasteiger partial charge in [0.1, 0.15) is 5.65 Å². The zero-order valence-corrected chi connectivity index (χ0v) is 18.7. The first-order chi connectivity index (χ1) is 15.1. The van der Waals surface area contributed by atoms with Crippen molar-refractivity contribution in [1.29, 1.82) is 0 Å². The highest BCUT2D eigenvalue weighted by molar-refractivity contribution is 5.77. The van der Waals surface area contributed by atoms with Crippen molar-refractivity contribution < 1.29 is 4.79 Å². The molecular weight excluding hydrogens is 388 g/mol. The largest absolute Gasteiger partial charge is 0.368 e. The number of nitrogens with zero attached hydrogens (tertiary/aromatic N) is 5. The SMILES string of the molecule is CCC(=O)N1CCN(c2ccc(Nc3ncc4ccn(C(CC)CC)c4n3)cc2)CC1. The molecule has 7 heteroatoms. The molecule has 1 saturated heterocycles. The molecule has 1 aromatic carbocycles. The summed E-state index contributed by atoms with van der Waals surface area (Å²) in [6, 6.07) is 10.9. The fourth-order valence-corrected chi connectivity index (χ4v) is 4.30. The normalized spacial score (nSPS) is 14.5. The Labute approximate surface area is 184 Å². The summed E-state index contributed by atoms with van der Waals surface area (Å²) < 4.78 is 2.26. The molecule has 31 heavy (non-hydrogen) atoms. The molecule has 3 aromatic rings. The number of fused-ring (bicyclic) bond motifs is 1. The van der Waals surface area contributed by atoms with Crippen LogP contribution in [0.15, 0.2) is 42.7 Å². The van der Waals surface area contributed by atoms with E-state index in [1.165, 1.54) is 5.69 Å². The third kappa shape index (κ3) is 4.50. The molecule has 1 amide bonds. The first-order valence-electron chi connectivity index (χ1n) is 11.4. The summed E-state index contributed by atoms with van der Waals surface area (Å²) in [5.74, 6) is 0.851. The fourth-order valence-electron chi connectivity index (χ4n) is 4.30. The number of hydrogen-bond donors (Lipinski definition) is 1. The van der Waals surface area contributed by atoms with Gasteiger partial charge in [-0.1, -0.05) is 20.8 Å². The summed E-state index contributed by atoms with van der Waals surface area (Å²) in [5, 5.41) is 4.40. The first kappa shape index (κ1) is 21.2. The molecule has 4 rings (SSSR count). The number of aromatic nitrogens is 3. The van der Waals surface area contributed by atoms with Crippen LogP contribution in [0.4, 0.5) is 17.3 Å². The average Bonchev–Trinajstić information content (AvgIpc) is 3.23. The van der Waals surface area contributed by atoms with Crippen LogP contribution in [0.3, 0.4) is 0 Å². The number of rotatable bonds is 7. The quantitative estimate of drug-likeness (QED) is 0.605. The molecule has 0 aliphatic carbocycles. The van der Waals surface area contributed by atoms with Gasteiger partial charge in [0.2, 0.25) is 11.9 Å². The minimum Gasteiger partial charge on any atom is -0.368 e. The molecule has 0 saturated carbocycles. The Morgan fingerprint density at radius 2 is 1.74 bits per heavy atom. The Kier molecular flexibility index (Phi) is 6.39. The lowest BCUT2D eigenvalue weighted by Crippen LogP contribution is -2.48. The van der Waals surface area contributed by atoms with E-state index in [9.17, 15) is 4.79 Å². The molecule has 3 heterocycles. The molecule has 7 nitrogen and oxygen atoms in total. The average molecular weight is 421 g/mol. The molecule has 1 N–H and O–H groups in total. The van der Waals surface area contributed by atoms with Crippen LogP contribution in [-0.2, 0) is 4.79 Å². The van der Waals surface area contributed by atoms with E-state index in [1.807, 2.05) is 18.0 Å². The van der Waals surface area contributed by atoms with E-state index in [0.29, 0.717) is 18.4 Å². The van der Waals surface area contributed by atoms with E-state index >= 15 is 0 Å². The van der Waals surface area contributed by atoms with Gasteiger partial charge in [0, 0.05) is 67.8 Å².